The Morgan fingerprint density at radius 1 is 1.50 bits per heavy atom. The van der Waals surface area contributed by atoms with Crippen LogP contribution in [0, 0.1) is 11.8 Å². The molecule has 2 N–H and O–H groups in total. The number of rotatable bonds is 4. The lowest BCUT2D eigenvalue weighted by atomic mass is 9.79. The minimum Gasteiger partial charge on any atom is -0.479 e. The fourth-order valence-corrected chi connectivity index (χ4v) is 1.15. The maximum Gasteiger partial charge on any atom is 0.336 e. The number of carbonyl (C=O) groups is 1. The van der Waals surface area contributed by atoms with Crippen LogP contribution in [-0.4, -0.2) is 21.8 Å². The van der Waals surface area contributed by atoms with Gasteiger partial charge in [0.15, 0.2) is 5.60 Å². The van der Waals surface area contributed by atoms with Gasteiger partial charge in [0.05, 0.1) is 0 Å². The van der Waals surface area contributed by atoms with E-state index < -0.39 is 17.5 Å². The molecule has 3 nitrogen and oxygen atoms in total. The highest BCUT2D eigenvalue weighted by Crippen LogP contribution is 2.27. The number of carboxylic acids is 1. The molecule has 0 saturated heterocycles. The summed E-state index contributed by atoms with van der Waals surface area (Å²) in [6, 6.07) is 0. The van der Waals surface area contributed by atoms with Crippen molar-refractivity contribution < 1.29 is 15.0 Å². The summed E-state index contributed by atoms with van der Waals surface area (Å²) in [5.41, 5.74) is -1.69. The summed E-state index contributed by atoms with van der Waals surface area (Å²) < 4.78 is 0. The molecule has 0 aliphatic rings. The monoisotopic (exact) mass is 172 g/mol. The average Bonchev–Trinajstić information content (AvgIpc) is 2.00. The molecule has 70 valence electrons. The third-order valence-corrected chi connectivity index (χ3v) is 2.27. The van der Waals surface area contributed by atoms with Crippen molar-refractivity contribution in [2.45, 2.75) is 26.4 Å². The van der Waals surface area contributed by atoms with Gasteiger partial charge in [-0.05, 0) is 5.92 Å². The van der Waals surface area contributed by atoms with Crippen LogP contribution in [0.25, 0.3) is 0 Å². The van der Waals surface area contributed by atoms with Crippen LogP contribution in [0.3, 0.4) is 0 Å². The summed E-state index contributed by atoms with van der Waals surface area (Å²) in [7, 11) is 0. The minimum absolute atomic E-state index is 0.331. The lowest BCUT2D eigenvalue weighted by molar-refractivity contribution is -0.168. The van der Waals surface area contributed by atoms with Crippen molar-refractivity contribution in [1.82, 2.24) is 0 Å². The molecule has 0 aromatic heterocycles. The van der Waals surface area contributed by atoms with Gasteiger partial charge >= 0.3 is 5.97 Å². The second kappa shape index (κ2) is 3.72. The lowest BCUT2D eigenvalue weighted by Gasteiger charge is -2.31. The topological polar surface area (TPSA) is 57.5 Å². The lowest BCUT2D eigenvalue weighted by Crippen LogP contribution is -2.48. The number of aliphatic hydroxyl groups is 1. The molecule has 0 bridgehead atoms. The molecule has 0 saturated carbocycles. The normalized spacial score (nSPS) is 18.4. The third kappa shape index (κ3) is 1.67. The predicted molar refractivity (Wildman–Crippen MR) is 46.8 cm³/mol. The average molecular weight is 172 g/mol. The Morgan fingerprint density at radius 3 is 2.00 bits per heavy atom. The fourth-order valence-electron chi connectivity index (χ4n) is 1.15. The first-order chi connectivity index (χ1) is 5.37. The van der Waals surface area contributed by atoms with E-state index in [-0.39, 0.29) is 5.92 Å². The Hall–Kier alpha value is -0.830. The molecule has 0 fully saturated rings. The highest BCUT2D eigenvalue weighted by atomic mass is 16.4. The predicted octanol–water partition coefficient (Wildman–Crippen LogP) is 1.28. The molecule has 0 radical (unpaired) electrons. The van der Waals surface area contributed by atoms with E-state index >= 15 is 0 Å². The van der Waals surface area contributed by atoms with Gasteiger partial charge in [0, 0.05) is 5.92 Å². The van der Waals surface area contributed by atoms with Crippen molar-refractivity contribution in [3.05, 3.63) is 12.7 Å². The van der Waals surface area contributed by atoms with Crippen molar-refractivity contribution in [1.29, 1.82) is 0 Å². The van der Waals surface area contributed by atoms with Gasteiger partial charge in [-0.25, -0.2) is 4.79 Å². The molecule has 0 aromatic carbocycles. The summed E-state index contributed by atoms with van der Waals surface area (Å²) in [5, 5.41) is 18.6. The van der Waals surface area contributed by atoms with Crippen LogP contribution < -0.4 is 0 Å². The Labute approximate surface area is 72.7 Å². The molecule has 0 rings (SSSR count). The second-order valence-corrected chi connectivity index (χ2v) is 3.31. The van der Waals surface area contributed by atoms with Crippen molar-refractivity contribution >= 4 is 5.97 Å². The third-order valence-electron chi connectivity index (χ3n) is 2.27. The quantitative estimate of drug-likeness (QED) is 0.628. The van der Waals surface area contributed by atoms with Gasteiger partial charge in [0.1, 0.15) is 0 Å². The second-order valence-electron chi connectivity index (χ2n) is 3.31. The van der Waals surface area contributed by atoms with Crippen molar-refractivity contribution in [3.63, 3.8) is 0 Å². The highest BCUT2D eigenvalue weighted by molar-refractivity contribution is 5.78. The van der Waals surface area contributed by atoms with E-state index in [2.05, 4.69) is 6.58 Å². The van der Waals surface area contributed by atoms with Crippen molar-refractivity contribution in [2.24, 2.45) is 11.8 Å². The number of aliphatic carboxylic acids is 1. The smallest absolute Gasteiger partial charge is 0.336 e. The van der Waals surface area contributed by atoms with E-state index in [1.807, 2.05) is 0 Å². The van der Waals surface area contributed by atoms with Crippen LogP contribution in [0.5, 0.6) is 0 Å². The summed E-state index contributed by atoms with van der Waals surface area (Å²) in [5.74, 6) is -1.97. The number of carboxylic acid groups (broad SMARTS) is 1. The van der Waals surface area contributed by atoms with E-state index in [4.69, 9.17) is 5.11 Å². The first-order valence-electron chi connectivity index (χ1n) is 3.95. The standard InChI is InChI=1S/C9H16O3/c1-5-7(4)9(12,6(2)3)8(10)11/h5-7,12H,1H2,2-4H3,(H,10,11)/t7-,9+/m1/s1. The maximum atomic E-state index is 10.8. The van der Waals surface area contributed by atoms with Gasteiger partial charge in [-0.3, -0.25) is 0 Å². The summed E-state index contributed by atoms with van der Waals surface area (Å²) in [4.78, 5) is 10.8. The highest BCUT2D eigenvalue weighted by Gasteiger charge is 2.43. The Kier molecular flexibility index (Phi) is 3.46. The van der Waals surface area contributed by atoms with E-state index in [0.717, 1.165) is 0 Å². The van der Waals surface area contributed by atoms with Gasteiger partial charge in [0.2, 0.25) is 0 Å². The molecule has 0 aliphatic heterocycles. The van der Waals surface area contributed by atoms with Crippen LogP contribution in [-0.2, 0) is 4.79 Å². The van der Waals surface area contributed by atoms with E-state index in [9.17, 15) is 9.90 Å². The van der Waals surface area contributed by atoms with E-state index in [1.165, 1.54) is 6.08 Å². The summed E-state index contributed by atoms with van der Waals surface area (Å²) in [6.45, 7) is 8.46. The SMILES string of the molecule is C=C[C@@H](C)[C@](O)(C(=O)O)C(C)C. The molecule has 0 spiro atoms. The fraction of sp³-hybridized carbons (Fsp3) is 0.667. The summed E-state index contributed by atoms with van der Waals surface area (Å²) >= 11 is 0. The zero-order chi connectivity index (χ0) is 9.94. The van der Waals surface area contributed by atoms with Gasteiger partial charge in [-0.2, -0.15) is 0 Å². The van der Waals surface area contributed by atoms with Crippen molar-refractivity contribution in [2.75, 3.05) is 0 Å². The largest absolute Gasteiger partial charge is 0.479 e. The summed E-state index contributed by atoms with van der Waals surface area (Å²) in [6.07, 6.45) is 1.45. The molecular weight excluding hydrogens is 156 g/mol. The zero-order valence-corrected chi connectivity index (χ0v) is 7.74. The number of hydrogen-bond acceptors (Lipinski definition) is 2. The van der Waals surface area contributed by atoms with Crippen LogP contribution in [0.4, 0.5) is 0 Å². The molecule has 0 aromatic rings. The maximum absolute atomic E-state index is 10.8. The first-order valence-corrected chi connectivity index (χ1v) is 3.95. The van der Waals surface area contributed by atoms with Gasteiger partial charge in [-0.1, -0.05) is 26.8 Å². The van der Waals surface area contributed by atoms with Gasteiger partial charge in [-0.15, -0.1) is 6.58 Å². The van der Waals surface area contributed by atoms with Crippen LogP contribution in [0.15, 0.2) is 12.7 Å². The zero-order valence-electron chi connectivity index (χ0n) is 7.74. The molecule has 0 aliphatic carbocycles. The molecule has 12 heavy (non-hydrogen) atoms. The van der Waals surface area contributed by atoms with Crippen LogP contribution in [0.1, 0.15) is 20.8 Å². The first kappa shape index (κ1) is 11.2. The van der Waals surface area contributed by atoms with Gasteiger partial charge < -0.3 is 10.2 Å². The number of hydrogen-bond donors (Lipinski definition) is 2. The molecule has 0 heterocycles. The molecule has 0 amide bonds. The molecular formula is C9H16O3. The van der Waals surface area contributed by atoms with Crippen LogP contribution in [0.2, 0.25) is 0 Å². The molecule has 0 unspecified atom stereocenters. The van der Waals surface area contributed by atoms with Crippen molar-refractivity contribution in [3.8, 4) is 0 Å². The molecule has 3 heteroatoms. The van der Waals surface area contributed by atoms with Crippen LogP contribution >= 0.6 is 0 Å². The van der Waals surface area contributed by atoms with E-state index in [1.54, 1.807) is 20.8 Å². The van der Waals surface area contributed by atoms with Gasteiger partial charge in [0.25, 0.3) is 0 Å². The minimum atomic E-state index is -1.69. The Bertz CT molecular complexity index is 186. The Morgan fingerprint density at radius 2 is 1.92 bits per heavy atom. The van der Waals surface area contributed by atoms with E-state index in [0.29, 0.717) is 0 Å². The molecule has 2 atom stereocenters. The Balaban J connectivity index is 4.86.